The van der Waals surface area contributed by atoms with Crippen LogP contribution in [0.25, 0.3) is 10.9 Å². The van der Waals surface area contributed by atoms with Gasteiger partial charge in [0.05, 0.1) is 12.6 Å². The molecular formula is C9H8N2O3. The third kappa shape index (κ3) is 1.02. The summed E-state index contributed by atoms with van der Waals surface area (Å²) in [5.74, 6) is 0.326. The highest BCUT2D eigenvalue weighted by Gasteiger charge is 2.13. The topological polar surface area (TPSA) is 74.7 Å². The van der Waals surface area contributed by atoms with Crippen LogP contribution in [0, 0.1) is 4.91 Å². The zero-order chi connectivity index (χ0) is 10.1. The second kappa shape index (κ2) is 3.02. The largest absolute Gasteiger partial charge is 0.495 e. The van der Waals surface area contributed by atoms with E-state index in [9.17, 15) is 10.0 Å². The van der Waals surface area contributed by atoms with Crippen molar-refractivity contribution in [1.29, 1.82) is 0 Å². The van der Waals surface area contributed by atoms with Gasteiger partial charge in [-0.1, -0.05) is 12.1 Å². The van der Waals surface area contributed by atoms with Crippen LogP contribution in [0.2, 0.25) is 0 Å². The number of hydrogen-bond donors (Lipinski definition) is 2. The van der Waals surface area contributed by atoms with Crippen molar-refractivity contribution >= 4 is 16.6 Å². The lowest BCUT2D eigenvalue weighted by Gasteiger charge is -1.99. The summed E-state index contributed by atoms with van der Waals surface area (Å²) < 4.78 is 5.05. The summed E-state index contributed by atoms with van der Waals surface area (Å²) in [6, 6.07) is 5.14. The van der Waals surface area contributed by atoms with Crippen LogP contribution in [0.4, 0.5) is 5.69 Å². The Balaban J connectivity index is 2.85. The monoisotopic (exact) mass is 192 g/mol. The van der Waals surface area contributed by atoms with E-state index in [-0.39, 0.29) is 11.6 Å². The molecule has 14 heavy (non-hydrogen) atoms. The van der Waals surface area contributed by atoms with E-state index >= 15 is 0 Å². The lowest BCUT2D eigenvalue weighted by molar-refractivity contribution is 0.417. The number of H-pyrrole nitrogens is 1. The van der Waals surface area contributed by atoms with Crippen molar-refractivity contribution in [3.05, 3.63) is 23.1 Å². The maximum atomic E-state index is 10.4. The number of methoxy groups -OCH3 is 1. The van der Waals surface area contributed by atoms with Crippen molar-refractivity contribution in [2.75, 3.05) is 7.11 Å². The Morgan fingerprint density at radius 3 is 2.93 bits per heavy atom. The van der Waals surface area contributed by atoms with Gasteiger partial charge in [0.25, 0.3) is 0 Å². The smallest absolute Gasteiger partial charge is 0.219 e. The van der Waals surface area contributed by atoms with Crippen molar-refractivity contribution < 1.29 is 9.84 Å². The molecule has 5 heteroatoms. The molecule has 0 aliphatic rings. The molecule has 0 aliphatic heterocycles. The van der Waals surface area contributed by atoms with Crippen LogP contribution in [0.1, 0.15) is 0 Å². The van der Waals surface area contributed by atoms with Gasteiger partial charge in [-0.15, -0.1) is 4.91 Å². The fraction of sp³-hybridized carbons (Fsp3) is 0.111. The summed E-state index contributed by atoms with van der Waals surface area (Å²) in [5, 5.41) is 12.6. The summed E-state index contributed by atoms with van der Waals surface area (Å²) in [6.07, 6.45) is 0. The fourth-order valence-electron chi connectivity index (χ4n) is 1.43. The number of para-hydroxylation sites is 1. The minimum Gasteiger partial charge on any atom is -0.495 e. The summed E-state index contributed by atoms with van der Waals surface area (Å²) in [6.45, 7) is 0. The molecule has 0 amide bonds. The molecule has 1 aromatic heterocycles. The number of nitrogens with zero attached hydrogens (tertiary/aromatic N) is 1. The van der Waals surface area contributed by atoms with Gasteiger partial charge in [0, 0.05) is 5.39 Å². The highest BCUT2D eigenvalue weighted by molar-refractivity contribution is 5.97. The lowest BCUT2D eigenvalue weighted by atomic mass is 10.2. The molecule has 1 heterocycles. The SMILES string of the molecule is COc1cccc2c(N=O)c(O)[nH]c12. The number of aromatic hydroxyl groups is 1. The molecule has 0 bridgehead atoms. The Labute approximate surface area is 79.3 Å². The van der Waals surface area contributed by atoms with Gasteiger partial charge in [-0.25, -0.2) is 0 Å². The van der Waals surface area contributed by atoms with Crippen molar-refractivity contribution in [2.24, 2.45) is 5.18 Å². The van der Waals surface area contributed by atoms with E-state index in [0.717, 1.165) is 0 Å². The minimum absolute atomic E-state index is 0.0129. The zero-order valence-electron chi connectivity index (χ0n) is 7.44. The summed E-state index contributed by atoms with van der Waals surface area (Å²) in [5.41, 5.74) is 0.584. The first-order valence-corrected chi connectivity index (χ1v) is 3.99. The Bertz CT molecular complexity index is 490. The Hall–Kier alpha value is -2.04. The van der Waals surface area contributed by atoms with Gasteiger partial charge in [-0.05, 0) is 11.2 Å². The predicted octanol–water partition coefficient (Wildman–Crippen LogP) is 2.28. The minimum atomic E-state index is -0.237. The number of ether oxygens (including phenoxy) is 1. The first-order chi connectivity index (χ1) is 6.77. The highest BCUT2D eigenvalue weighted by Crippen LogP contribution is 2.38. The molecule has 0 unspecified atom stereocenters. The number of hydrogen-bond acceptors (Lipinski definition) is 4. The third-order valence-corrected chi connectivity index (χ3v) is 2.06. The van der Waals surface area contributed by atoms with Gasteiger partial charge in [0.15, 0.2) is 5.69 Å². The van der Waals surface area contributed by atoms with Crippen LogP contribution in [0.3, 0.4) is 0 Å². The van der Waals surface area contributed by atoms with Crippen LogP contribution < -0.4 is 4.74 Å². The number of aromatic nitrogens is 1. The van der Waals surface area contributed by atoms with Gasteiger partial charge < -0.3 is 14.8 Å². The molecule has 5 nitrogen and oxygen atoms in total. The van der Waals surface area contributed by atoms with Gasteiger partial charge in [0.1, 0.15) is 5.75 Å². The number of fused-ring (bicyclic) bond motifs is 1. The van der Waals surface area contributed by atoms with E-state index < -0.39 is 0 Å². The van der Waals surface area contributed by atoms with Gasteiger partial charge in [-0.3, -0.25) is 0 Å². The molecule has 72 valence electrons. The van der Waals surface area contributed by atoms with Crippen molar-refractivity contribution in [1.82, 2.24) is 4.98 Å². The number of aromatic amines is 1. The maximum Gasteiger partial charge on any atom is 0.219 e. The van der Waals surface area contributed by atoms with Gasteiger partial charge >= 0.3 is 0 Å². The van der Waals surface area contributed by atoms with E-state index in [1.165, 1.54) is 7.11 Å². The van der Waals surface area contributed by atoms with Gasteiger partial charge in [0.2, 0.25) is 5.88 Å². The van der Waals surface area contributed by atoms with Crippen LogP contribution in [0.5, 0.6) is 11.6 Å². The van der Waals surface area contributed by atoms with Crippen LogP contribution >= 0.6 is 0 Å². The molecule has 1 aromatic carbocycles. The number of rotatable bonds is 2. The molecule has 2 N–H and O–H groups in total. The normalized spacial score (nSPS) is 10.4. The van der Waals surface area contributed by atoms with E-state index in [1.807, 2.05) is 0 Å². The molecular weight excluding hydrogens is 184 g/mol. The number of nitrogens with one attached hydrogen (secondary N) is 1. The molecule has 0 spiro atoms. The van der Waals surface area contributed by atoms with Crippen molar-refractivity contribution in [3.63, 3.8) is 0 Å². The predicted molar refractivity (Wildman–Crippen MR) is 52.0 cm³/mol. The Kier molecular flexibility index (Phi) is 1.85. The van der Waals surface area contributed by atoms with E-state index in [0.29, 0.717) is 16.7 Å². The fourth-order valence-corrected chi connectivity index (χ4v) is 1.43. The van der Waals surface area contributed by atoms with Gasteiger partial charge in [-0.2, -0.15) is 0 Å². The molecule has 0 aliphatic carbocycles. The van der Waals surface area contributed by atoms with Crippen LogP contribution in [-0.4, -0.2) is 17.2 Å². The maximum absolute atomic E-state index is 10.4. The average Bonchev–Trinajstić information content (AvgIpc) is 2.52. The van der Waals surface area contributed by atoms with Crippen molar-refractivity contribution in [3.8, 4) is 11.6 Å². The second-order valence-electron chi connectivity index (χ2n) is 2.80. The highest BCUT2D eigenvalue weighted by atomic mass is 16.5. The van der Waals surface area contributed by atoms with E-state index in [1.54, 1.807) is 18.2 Å². The van der Waals surface area contributed by atoms with E-state index in [2.05, 4.69) is 10.2 Å². The molecule has 2 rings (SSSR count). The first kappa shape index (κ1) is 8.55. The molecule has 0 atom stereocenters. The molecule has 0 fully saturated rings. The second-order valence-corrected chi connectivity index (χ2v) is 2.80. The lowest BCUT2D eigenvalue weighted by Crippen LogP contribution is -1.82. The Morgan fingerprint density at radius 1 is 1.50 bits per heavy atom. The van der Waals surface area contributed by atoms with Crippen LogP contribution in [0.15, 0.2) is 23.4 Å². The molecule has 0 radical (unpaired) electrons. The number of benzene rings is 1. The van der Waals surface area contributed by atoms with Crippen molar-refractivity contribution in [2.45, 2.75) is 0 Å². The first-order valence-electron chi connectivity index (χ1n) is 3.99. The van der Waals surface area contributed by atoms with Crippen LogP contribution in [-0.2, 0) is 0 Å². The summed E-state index contributed by atoms with van der Waals surface area (Å²) >= 11 is 0. The third-order valence-electron chi connectivity index (χ3n) is 2.06. The molecule has 0 saturated carbocycles. The molecule has 2 aromatic rings. The standard InChI is InChI=1S/C9H8N2O3/c1-14-6-4-2-3-5-7(6)10-9(12)8(5)11-13/h2-4,10,12H,1H3. The molecule has 0 saturated heterocycles. The zero-order valence-corrected chi connectivity index (χ0v) is 7.44. The Morgan fingerprint density at radius 2 is 2.29 bits per heavy atom. The summed E-state index contributed by atoms with van der Waals surface area (Å²) in [7, 11) is 1.51. The van der Waals surface area contributed by atoms with E-state index in [4.69, 9.17) is 4.74 Å². The average molecular weight is 192 g/mol. The quantitative estimate of drug-likeness (QED) is 0.716. The summed E-state index contributed by atoms with van der Waals surface area (Å²) in [4.78, 5) is 13.1. The number of nitroso groups, excluding NO2 is 1.